The number of nitrogens with zero attached hydrogens (tertiary/aromatic N) is 2. The molecule has 7 heteroatoms. The third-order valence-corrected chi connectivity index (χ3v) is 4.55. The van der Waals surface area contributed by atoms with Gasteiger partial charge in [0.1, 0.15) is 17.0 Å². The van der Waals surface area contributed by atoms with Crippen LogP contribution in [0.15, 0.2) is 36.5 Å². The van der Waals surface area contributed by atoms with Crippen LogP contribution in [0.3, 0.4) is 0 Å². The van der Waals surface area contributed by atoms with Gasteiger partial charge < -0.3 is 14.8 Å². The molecular formula is C19H21N3O4. The summed E-state index contributed by atoms with van der Waals surface area (Å²) in [5.41, 5.74) is 0.518. The summed E-state index contributed by atoms with van der Waals surface area (Å²) in [5.74, 6) is 1.37. The number of pyridine rings is 1. The number of hydrogen-bond donors (Lipinski definition) is 1. The highest BCUT2D eigenvalue weighted by molar-refractivity contribution is 6.23. The lowest BCUT2D eigenvalue weighted by Gasteiger charge is -2.19. The van der Waals surface area contributed by atoms with E-state index in [1.165, 1.54) is 6.20 Å². The molecule has 7 nitrogen and oxygen atoms in total. The van der Waals surface area contributed by atoms with Gasteiger partial charge >= 0.3 is 6.03 Å². The molecule has 0 unspecified atom stereocenters. The van der Waals surface area contributed by atoms with Crippen LogP contribution in [0.25, 0.3) is 0 Å². The molecule has 1 fully saturated rings. The minimum absolute atomic E-state index is 0.288. The molecule has 3 amide bonds. The summed E-state index contributed by atoms with van der Waals surface area (Å²) < 4.78 is 11.0. The van der Waals surface area contributed by atoms with Gasteiger partial charge in [0.2, 0.25) is 5.88 Å². The topological polar surface area (TPSA) is 80.8 Å². The molecule has 1 N–H and O–H groups in total. The van der Waals surface area contributed by atoms with Crippen LogP contribution in [0, 0.1) is 6.92 Å². The van der Waals surface area contributed by atoms with Crippen LogP contribution in [0.1, 0.15) is 25.8 Å². The zero-order valence-corrected chi connectivity index (χ0v) is 15.2. The minimum atomic E-state index is -0.884. The zero-order chi connectivity index (χ0) is 18.9. The number of urea groups is 1. The molecule has 3 rings (SSSR count). The predicted molar refractivity (Wildman–Crippen MR) is 96.8 cm³/mol. The van der Waals surface area contributed by atoms with Crippen LogP contribution >= 0.6 is 0 Å². The molecule has 1 aliphatic heterocycles. The predicted octanol–water partition coefficient (Wildman–Crippen LogP) is 3.42. The number of rotatable bonds is 5. The van der Waals surface area contributed by atoms with Crippen LogP contribution in [0.2, 0.25) is 0 Å². The maximum Gasteiger partial charge on any atom is 0.329 e. The highest BCUT2D eigenvalue weighted by Gasteiger charge is 2.47. The average molecular weight is 355 g/mol. The Morgan fingerprint density at radius 2 is 2.00 bits per heavy atom. The molecule has 0 bridgehead atoms. The molecule has 0 radical (unpaired) electrons. The fourth-order valence-electron chi connectivity index (χ4n) is 2.71. The molecule has 1 aromatic heterocycles. The van der Waals surface area contributed by atoms with Gasteiger partial charge in [-0.25, -0.2) is 14.7 Å². The van der Waals surface area contributed by atoms with Crippen molar-refractivity contribution >= 4 is 17.6 Å². The fraction of sp³-hybridized carbons (Fsp3) is 0.316. The van der Waals surface area contributed by atoms with Crippen LogP contribution in [-0.4, -0.2) is 29.6 Å². The maximum absolute atomic E-state index is 12.5. The van der Waals surface area contributed by atoms with Crippen molar-refractivity contribution in [3.05, 3.63) is 42.1 Å². The molecule has 0 aliphatic carbocycles. The lowest BCUT2D eigenvalue weighted by atomic mass is 9.99. The normalized spacial score (nSPS) is 19.5. The number of carbonyl (C=O) groups is 2. The molecule has 1 saturated heterocycles. The van der Waals surface area contributed by atoms with E-state index in [0.717, 1.165) is 16.2 Å². The highest BCUT2D eigenvalue weighted by atomic mass is 16.5. The minimum Gasteiger partial charge on any atom is -0.496 e. The molecule has 0 saturated carbocycles. The van der Waals surface area contributed by atoms with Gasteiger partial charge in [0.05, 0.1) is 19.0 Å². The van der Waals surface area contributed by atoms with E-state index in [2.05, 4.69) is 10.3 Å². The van der Waals surface area contributed by atoms with Gasteiger partial charge in [-0.05, 0) is 38.0 Å². The van der Waals surface area contributed by atoms with Gasteiger partial charge in [-0.3, -0.25) is 4.79 Å². The molecule has 2 heterocycles. The van der Waals surface area contributed by atoms with E-state index in [-0.39, 0.29) is 5.91 Å². The second-order valence-electron chi connectivity index (χ2n) is 6.34. The lowest BCUT2D eigenvalue weighted by Crippen LogP contribution is -2.43. The number of amides is 3. The van der Waals surface area contributed by atoms with E-state index in [1.807, 2.05) is 26.0 Å². The smallest absolute Gasteiger partial charge is 0.329 e. The molecule has 1 atom stereocenters. The van der Waals surface area contributed by atoms with Crippen molar-refractivity contribution in [1.29, 1.82) is 0 Å². The van der Waals surface area contributed by atoms with Crippen molar-refractivity contribution in [2.24, 2.45) is 0 Å². The van der Waals surface area contributed by atoms with E-state index in [0.29, 0.717) is 23.7 Å². The van der Waals surface area contributed by atoms with Crippen molar-refractivity contribution in [1.82, 2.24) is 10.3 Å². The van der Waals surface area contributed by atoms with Crippen molar-refractivity contribution in [2.45, 2.75) is 32.7 Å². The summed E-state index contributed by atoms with van der Waals surface area (Å²) in [6.07, 6.45) is 1.96. The second kappa shape index (κ2) is 6.67. The number of imide groups is 1. The van der Waals surface area contributed by atoms with Gasteiger partial charge in [0.25, 0.3) is 5.91 Å². The zero-order valence-electron chi connectivity index (χ0n) is 15.2. The first-order chi connectivity index (χ1) is 12.4. The molecule has 1 aliphatic rings. The van der Waals surface area contributed by atoms with E-state index in [1.54, 1.807) is 32.2 Å². The molecule has 1 aromatic carbocycles. The molecule has 0 spiro atoms. The number of anilines is 1. The number of benzene rings is 1. The molecule has 136 valence electrons. The van der Waals surface area contributed by atoms with Gasteiger partial charge in [0, 0.05) is 12.1 Å². The Kier molecular flexibility index (Phi) is 4.54. The van der Waals surface area contributed by atoms with Crippen molar-refractivity contribution < 1.29 is 19.1 Å². The Labute approximate surface area is 151 Å². The number of hydrogen-bond acceptors (Lipinski definition) is 5. The fourth-order valence-corrected chi connectivity index (χ4v) is 2.71. The van der Waals surface area contributed by atoms with Crippen molar-refractivity contribution in [3.8, 4) is 17.4 Å². The Morgan fingerprint density at radius 1 is 1.23 bits per heavy atom. The Bertz CT molecular complexity index is 850. The van der Waals surface area contributed by atoms with Crippen LogP contribution < -0.4 is 19.7 Å². The second-order valence-corrected chi connectivity index (χ2v) is 6.34. The summed E-state index contributed by atoms with van der Waals surface area (Å²) in [6, 6.07) is 8.28. The Balaban J connectivity index is 1.79. The highest BCUT2D eigenvalue weighted by Crippen LogP contribution is 2.30. The monoisotopic (exact) mass is 355 g/mol. The standard InChI is InChI=1S/C19H21N3O4/c1-5-19(3)17(23)22(18(24)21-19)13-7-9-16(20-11-13)26-14-8-6-12(2)15(10-14)25-4/h6-11H,5H2,1-4H3,(H,21,24)/t19-/m1/s1. The summed E-state index contributed by atoms with van der Waals surface area (Å²) in [7, 11) is 1.60. The summed E-state index contributed by atoms with van der Waals surface area (Å²) >= 11 is 0. The Morgan fingerprint density at radius 3 is 2.58 bits per heavy atom. The third kappa shape index (κ3) is 3.08. The molecular weight excluding hydrogens is 334 g/mol. The molecule has 2 aromatic rings. The van der Waals surface area contributed by atoms with Crippen LogP contribution in [0.5, 0.6) is 17.4 Å². The number of methoxy groups -OCH3 is 1. The quantitative estimate of drug-likeness (QED) is 0.831. The third-order valence-electron chi connectivity index (χ3n) is 4.55. The summed E-state index contributed by atoms with van der Waals surface area (Å²) in [6.45, 7) is 5.51. The summed E-state index contributed by atoms with van der Waals surface area (Å²) in [4.78, 5) is 30.0. The van der Waals surface area contributed by atoms with Crippen molar-refractivity contribution in [2.75, 3.05) is 12.0 Å². The first kappa shape index (κ1) is 17.7. The SMILES string of the molecule is CC[C@@]1(C)NC(=O)N(c2ccc(Oc3ccc(C)c(OC)c3)nc2)C1=O. The molecule has 26 heavy (non-hydrogen) atoms. The van der Waals surface area contributed by atoms with Gasteiger partial charge in [-0.15, -0.1) is 0 Å². The van der Waals surface area contributed by atoms with Gasteiger partial charge in [-0.1, -0.05) is 13.0 Å². The van der Waals surface area contributed by atoms with E-state index < -0.39 is 11.6 Å². The van der Waals surface area contributed by atoms with Gasteiger partial charge in [-0.2, -0.15) is 0 Å². The van der Waals surface area contributed by atoms with E-state index in [9.17, 15) is 9.59 Å². The van der Waals surface area contributed by atoms with E-state index in [4.69, 9.17) is 9.47 Å². The number of nitrogens with one attached hydrogen (secondary N) is 1. The van der Waals surface area contributed by atoms with E-state index >= 15 is 0 Å². The first-order valence-electron chi connectivity index (χ1n) is 8.33. The van der Waals surface area contributed by atoms with Crippen molar-refractivity contribution in [3.63, 3.8) is 0 Å². The van der Waals surface area contributed by atoms with Crippen LogP contribution in [-0.2, 0) is 4.79 Å². The number of ether oxygens (including phenoxy) is 2. The number of aromatic nitrogens is 1. The van der Waals surface area contributed by atoms with Gasteiger partial charge in [0.15, 0.2) is 0 Å². The Hall–Kier alpha value is -3.09. The largest absolute Gasteiger partial charge is 0.496 e. The first-order valence-corrected chi connectivity index (χ1v) is 8.33. The summed E-state index contributed by atoms with van der Waals surface area (Å²) in [5, 5.41) is 2.72. The lowest BCUT2D eigenvalue weighted by molar-refractivity contribution is -0.121. The average Bonchev–Trinajstić information content (AvgIpc) is 2.87. The van der Waals surface area contributed by atoms with Crippen LogP contribution in [0.4, 0.5) is 10.5 Å². The number of aryl methyl sites for hydroxylation is 1. The maximum atomic E-state index is 12.5. The number of carbonyl (C=O) groups excluding carboxylic acids is 2.